The van der Waals surface area contributed by atoms with Gasteiger partial charge in [-0.15, -0.1) is 11.8 Å². The molecule has 0 aromatic heterocycles. The van der Waals surface area contributed by atoms with Crippen molar-refractivity contribution in [1.82, 2.24) is 0 Å². The average Bonchev–Trinajstić information content (AvgIpc) is 2.56. The van der Waals surface area contributed by atoms with Gasteiger partial charge in [-0.3, -0.25) is 0 Å². The van der Waals surface area contributed by atoms with Crippen molar-refractivity contribution in [2.24, 2.45) is 11.7 Å². The number of thioether (sulfide) groups is 1. The first-order chi connectivity index (χ1) is 6.84. The second-order valence-corrected chi connectivity index (χ2v) is 5.19. The number of hydrogen-bond acceptors (Lipinski definition) is 2. The topological polar surface area (TPSA) is 26.0 Å². The number of allylic oxidation sites excluding steroid dienone is 4. The SMILES string of the molecule is NC1C=C2C(=CC1)SC1C=CC=CC21. The predicted molar refractivity (Wildman–Crippen MR) is 61.9 cm³/mol. The molecule has 0 spiro atoms. The van der Waals surface area contributed by atoms with Crippen LogP contribution in [0.2, 0.25) is 0 Å². The first-order valence-electron chi connectivity index (χ1n) is 5.04. The minimum atomic E-state index is 0.229. The lowest BCUT2D eigenvalue weighted by atomic mass is 9.88. The van der Waals surface area contributed by atoms with Gasteiger partial charge >= 0.3 is 0 Å². The van der Waals surface area contributed by atoms with Crippen molar-refractivity contribution in [1.29, 1.82) is 0 Å². The highest BCUT2D eigenvalue weighted by molar-refractivity contribution is 8.04. The van der Waals surface area contributed by atoms with Crippen molar-refractivity contribution in [2.45, 2.75) is 17.7 Å². The maximum Gasteiger partial charge on any atom is 0.0381 e. The lowest BCUT2D eigenvalue weighted by Crippen LogP contribution is -2.20. The van der Waals surface area contributed by atoms with Crippen molar-refractivity contribution in [3.05, 3.63) is 46.9 Å². The Morgan fingerprint density at radius 2 is 2.14 bits per heavy atom. The fraction of sp³-hybridized carbons (Fsp3) is 0.333. The second kappa shape index (κ2) is 3.14. The lowest BCUT2D eigenvalue weighted by molar-refractivity contribution is 0.761. The molecule has 1 nitrogen and oxygen atoms in total. The lowest BCUT2D eigenvalue weighted by Gasteiger charge is -2.17. The van der Waals surface area contributed by atoms with Crippen molar-refractivity contribution in [3.63, 3.8) is 0 Å². The summed E-state index contributed by atoms with van der Waals surface area (Å²) in [4.78, 5) is 1.46. The number of nitrogens with two attached hydrogens (primary N) is 1. The van der Waals surface area contributed by atoms with Gasteiger partial charge in [0, 0.05) is 22.1 Å². The van der Waals surface area contributed by atoms with E-state index >= 15 is 0 Å². The third-order valence-corrected chi connectivity index (χ3v) is 4.34. The number of rotatable bonds is 0. The summed E-state index contributed by atoms with van der Waals surface area (Å²) in [7, 11) is 0. The predicted octanol–water partition coefficient (Wildman–Crippen LogP) is 2.39. The van der Waals surface area contributed by atoms with Crippen molar-refractivity contribution < 1.29 is 0 Å². The summed E-state index contributed by atoms with van der Waals surface area (Å²) >= 11 is 1.98. The summed E-state index contributed by atoms with van der Waals surface area (Å²) in [5.74, 6) is 0.572. The Morgan fingerprint density at radius 1 is 1.29 bits per heavy atom. The summed E-state index contributed by atoms with van der Waals surface area (Å²) in [5.41, 5.74) is 7.40. The Labute approximate surface area is 88.4 Å². The first-order valence-corrected chi connectivity index (χ1v) is 5.92. The van der Waals surface area contributed by atoms with E-state index in [1.54, 1.807) is 0 Å². The van der Waals surface area contributed by atoms with E-state index in [4.69, 9.17) is 5.73 Å². The zero-order chi connectivity index (χ0) is 9.54. The molecule has 3 unspecified atom stereocenters. The molecule has 3 rings (SSSR count). The van der Waals surface area contributed by atoms with Crippen molar-refractivity contribution in [2.75, 3.05) is 0 Å². The molecule has 1 fully saturated rings. The molecule has 0 saturated carbocycles. The van der Waals surface area contributed by atoms with E-state index in [0.717, 1.165) is 6.42 Å². The first kappa shape index (κ1) is 8.57. The molecule has 3 aliphatic rings. The van der Waals surface area contributed by atoms with E-state index in [1.807, 2.05) is 11.8 Å². The van der Waals surface area contributed by atoms with Gasteiger partial charge in [-0.2, -0.15) is 0 Å². The molecule has 2 aliphatic carbocycles. The normalized spacial score (nSPS) is 38.8. The Balaban J connectivity index is 2.01. The van der Waals surface area contributed by atoms with Crippen LogP contribution in [0.25, 0.3) is 0 Å². The Hall–Kier alpha value is -0.730. The summed E-state index contributed by atoms with van der Waals surface area (Å²) in [6.45, 7) is 0. The largest absolute Gasteiger partial charge is 0.324 e. The van der Waals surface area contributed by atoms with E-state index in [0.29, 0.717) is 11.2 Å². The number of hydrogen-bond donors (Lipinski definition) is 1. The molecule has 0 amide bonds. The summed E-state index contributed by atoms with van der Waals surface area (Å²) in [5, 5.41) is 0.614. The van der Waals surface area contributed by atoms with E-state index < -0.39 is 0 Å². The standard InChI is InChI=1S/C12H13NS/c13-8-5-6-12-10(7-8)9-3-1-2-4-11(9)14-12/h1-4,6-9,11H,5,13H2. The molecule has 14 heavy (non-hydrogen) atoms. The van der Waals surface area contributed by atoms with Gasteiger partial charge in [0.15, 0.2) is 0 Å². The van der Waals surface area contributed by atoms with Gasteiger partial charge in [-0.1, -0.05) is 36.5 Å². The zero-order valence-corrected chi connectivity index (χ0v) is 8.71. The molecule has 72 valence electrons. The van der Waals surface area contributed by atoms with Gasteiger partial charge in [-0.05, 0) is 12.0 Å². The highest BCUT2D eigenvalue weighted by atomic mass is 32.2. The minimum Gasteiger partial charge on any atom is -0.324 e. The zero-order valence-electron chi connectivity index (χ0n) is 7.89. The van der Waals surface area contributed by atoms with Gasteiger partial charge in [0.25, 0.3) is 0 Å². The van der Waals surface area contributed by atoms with Gasteiger partial charge in [0.05, 0.1) is 0 Å². The van der Waals surface area contributed by atoms with Crippen LogP contribution in [0.5, 0.6) is 0 Å². The quantitative estimate of drug-likeness (QED) is 0.654. The summed E-state index contributed by atoms with van der Waals surface area (Å²) < 4.78 is 0. The molecular weight excluding hydrogens is 190 g/mol. The molecular formula is C12H13NS. The van der Waals surface area contributed by atoms with Gasteiger partial charge < -0.3 is 5.73 Å². The van der Waals surface area contributed by atoms with Gasteiger partial charge in [-0.25, -0.2) is 0 Å². The highest BCUT2D eigenvalue weighted by Crippen LogP contribution is 2.49. The number of fused-ring (bicyclic) bond motifs is 3. The Morgan fingerprint density at radius 3 is 3.07 bits per heavy atom. The molecule has 1 aliphatic heterocycles. The second-order valence-electron chi connectivity index (χ2n) is 3.97. The van der Waals surface area contributed by atoms with Crippen LogP contribution >= 0.6 is 11.8 Å². The molecule has 2 N–H and O–H groups in total. The molecule has 0 bridgehead atoms. The molecule has 3 atom stereocenters. The third kappa shape index (κ3) is 1.22. The molecule has 0 radical (unpaired) electrons. The molecule has 1 heterocycles. The molecule has 0 aromatic rings. The van der Waals surface area contributed by atoms with E-state index in [9.17, 15) is 0 Å². The van der Waals surface area contributed by atoms with Crippen LogP contribution < -0.4 is 5.73 Å². The van der Waals surface area contributed by atoms with Gasteiger partial charge in [0.1, 0.15) is 0 Å². The third-order valence-electron chi connectivity index (χ3n) is 2.96. The smallest absolute Gasteiger partial charge is 0.0381 e. The monoisotopic (exact) mass is 203 g/mol. The van der Waals surface area contributed by atoms with Crippen LogP contribution in [0.15, 0.2) is 46.9 Å². The van der Waals surface area contributed by atoms with Crippen LogP contribution in [0.1, 0.15) is 6.42 Å². The minimum absolute atomic E-state index is 0.229. The summed E-state index contributed by atoms with van der Waals surface area (Å²) in [6.07, 6.45) is 14.4. The van der Waals surface area contributed by atoms with E-state index in [2.05, 4.69) is 36.5 Å². The van der Waals surface area contributed by atoms with Crippen LogP contribution in [-0.4, -0.2) is 11.3 Å². The fourth-order valence-corrected chi connectivity index (χ4v) is 3.64. The fourth-order valence-electron chi connectivity index (χ4n) is 2.26. The molecule has 1 saturated heterocycles. The summed E-state index contributed by atoms with van der Waals surface area (Å²) in [6, 6.07) is 0.229. The Bertz CT molecular complexity index is 376. The van der Waals surface area contributed by atoms with Crippen LogP contribution in [-0.2, 0) is 0 Å². The molecule has 2 heteroatoms. The van der Waals surface area contributed by atoms with Crippen LogP contribution in [0, 0.1) is 5.92 Å². The maximum atomic E-state index is 5.94. The van der Waals surface area contributed by atoms with Crippen molar-refractivity contribution in [3.8, 4) is 0 Å². The average molecular weight is 203 g/mol. The van der Waals surface area contributed by atoms with E-state index in [-0.39, 0.29) is 6.04 Å². The van der Waals surface area contributed by atoms with Crippen molar-refractivity contribution >= 4 is 11.8 Å². The van der Waals surface area contributed by atoms with E-state index in [1.165, 1.54) is 10.5 Å². The van der Waals surface area contributed by atoms with Crippen LogP contribution in [0.4, 0.5) is 0 Å². The highest BCUT2D eigenvalue weighted by Gasteiger charge is 2.34. The maximum absolute atomic E-state index is 5.94. The Kier molecular flexibility index (Phi) is 1.92. The van der Waals surface area contributed by atoms with Gasteiger partial charge in [0.2, 0.25) is 0 Å². The molecule has 0 aromatic carbocycles. The van der Waals surface area contributed by atoms with Crippen LogP contribution in [0.3, 0.4) is 0 Å².